The Bertz CT molecular complexity index is 872. The molecule has 3 rings (SSSR count). The number of nitrogens with zero attached hydrogens (tertiary/aromatic N) is 1. The van der Waals surface area contributed by atoms with Crippen molar-refractivity contribution in [2.45, 2.75) is 6.42 Å². The van der Waals surface area contributed by atoms with Crippen molar-refractivity contribution >= 4 is 37.9 Å². The zero-order valence-corrected chi connectivity index (χ0v) is 15.0. The first-order valence-electron chi connectivity index (χ1n) is 7.32. The molecule has 126 valence electrons. The average Bonchev–Trinajstić information content (AvgIpc) is 3.14. The monoisotopic (exact) mass is 410 g/mol. The summed E-state index contributed by atoms with van der Waals surface area (Å²) in [5, 5.41) is 3.83. The summed E-state index contributed by atoms with van der Waals surface area (Å²) in [4.78, 5) is 11.9. The molecule has 1 amide bonds. The number of nitrogens with one attached hydrogen (secondary N) is 1. The fourth-order valence-electron chi connectivity index (χ4n) is 2.44. The smallest absolute Gasteiger partial charge is 0.244 e. The maximum atomic E-state index is 11.9. The van der Waals surface area contributed by atoms with E-state index in [-0.39, 0.29) is 17.4 Å². The van der Waals surface area contributed by atoms with Gasteiger partial charge in [0, 0.05) is 10.0 Å². The molecule has 1 aliphatic heterocycles. The van der Waals surface area contributed by atoms with E-state index < -0.39 is 15.8 Å². The van der Waals surface area contributed by atoms with Crippen molar-refractivity contribution in [1.82, 2.24) is 5.43 Å². The van der Waals surface area contributed by atoms with Gasteiger partial charge in [0.1, 0.15) is 11.5 Å². The first-order chi connectivity index (χ1) is 11.4. The quantitative estimate of drug-likeness (QED) is 0.619. The zero-order chi connectivity index (χ0) is 17.2. The van der Waals surface area contributed by atoms with Crippen LogP contribution in [0.2, 0.25) is 0 Å². The number of halogens is 1. The number of benzene rings is 1. The second-order valence-corrected chi connectivity index (χ2v) is 8.69. The maximum Gasteiger partial charge on any atom is 0.244 e. The Morgan fingerprint density at radius 3 is 2.67 bits per heavy atom. The lowest BCUT2D eigenvalue weighted by molar-refractivity contribution is -0.124. The van der Waals surface area contributed by atoms with Gasteiger partial charge in [0.2, 0.25) is 5.91 Å². The lowest BCUT2D eigenvalue weighted by atomic mass is 10.1. The van der Waals surface area contributed by atoms with Gasteiger partial charge in [-0.25, -0.2) is 13.8 Å². The van der Waals surface area contributed by atoms with Gasteiger partial charge in [0.15, 0.2) is 9.84 Å². The van der Waals surface area contributed by atoms with Crippen LogP contribution >= 0.6 is 15.9 Å². The van der Waals surface area contributed by atoms with Crippen LogP contribution in [-0.2, 0) is 14.6 Å². The second kappa shape index (κ2) is 6.90. The van der Waals surface area contributed by atoms with Crippen LogP contribution < -0.4 is 5.43 Å². The van der Waals surface area contributed by atoms with Gasteiger partial charge in [-0.05, 0) is 30.7 Å². The molecule has 24 heavy (non-hydrogen) atoms. The lowest BCUT2D eigenvalue weighted by Crippen LogP contribution is -2.27. The number of furan rings is 1. The van der Waals surface area contributed by atoms with Crippen LogP contribution in [0.4, 0.5) is 0 Å². The third-order valence-corrected chi connectivity index (χ3v) is 6.02. The van der Waals surface area contributed by atoms with Crippen LogP contribution in [0.1, 0.15) is 12.2 Å². The van der Waals surface area contributed by atoms with Gasteiger partial charge < -0.3 is 4.42 Å². The van der Waals surface area contributed by atoms with Crippen molar-refractivity contribution in [3.8, 4) is 11.3 Å². The van der Waals surface area contributed by atoms with E-state index in [4.69, 9.17) is 4.42 Å². The Morgan fingerprint density at radius 1 is 1.25 bits per heavy atom. The molecular formula is C16H15BrN2O4S. The van der Waals surface area contributed by atoms with Crippen LogP contribution in [-0.4, -0.2) is 32.0 Å². The third-order valence-electron chi connectivity index (χ3n) is 3.73. The number of carbonyl (C=O) groups excluding carboxylic acids is 1. The van der Waals surface area contributed by atoms with Crippen molar-refractivity contribution in [2.24, 2.45) is 11.0 Å². The molecule has 1 saturated heterocycles. The molecule has 0 saturated carbocycles. The standard InChI is InChI=1S/C16H15BrN2O4S/c17-13-3-1-11(2-4-13)15-6-5-14(23-15)9-18-19-16(20)12-7-8-24(21,22)10-12/h1-6,9,12H,7-8,10H2,(H,19,20)/b18-9-/t12-/m0/s1. The van der Waals surface area contributed by atoms with Gasteiger partial charge >= 0.3 is 0 Å². The number of carbonyl (C=O) groups is 1. The Kier molecular flexibility index (Phi) is 4.86. The predicted molar refractivity (Wildman–Crippen MR) is 94.3 cm³/mol. The number of amides is 1. The van der Waals surface area contributed by atoms with E-state index >= 15 is 0 Å². The van der Waals surface area contributed by atoms with Crippen molar-refractivity contribution in [3.63, 3.8) is 0 Å². The van der Waals surface area contributed by atoms with E-state index in [1.54, 1.807) is 6.07 Å². The van der Waals surface area contributed by atoms with E-state index in [1.807, 2.05) is 30.3 Å². The summed E-state index contributed by atoms with van der Waals surface area (Å²) >= 11 is 3.38. The molecule has 2 aromatic rings. The molecule has 0 aliphatic carbocycles. The number of rotatable bonds is 4. The molecule has 1 fully saturated rings. The molecule has 6 nitrogen and oxygen atoms in total. The third kappa shape index (κ3) is 4.12. The Hall–Kier alpha value is -1.93. The van der Waals surface area contributed by atoms with E-state index in [9.17, 15) is 13.2 Å². The predicted octanol–water partition coefficient (Wildman–Crippen LogP) is 2.59. The molecule has 0 bridgehead atoms. The van der Waals surface area contributed by atoms with E-state index in [2.05, 4.69) is 26.5 Å². The minimum Gasteiger partial charge on any atom is -0.455 e. The van der Waals surface area contributed by atoms with Crippen LogP contribution in [0.15, 0.2) is 50.4 Å². The van der Waals surface area contributed by atoms with Crippen molar-refractivity contribution in [3.05, 3.63) is 46.6 Å². The molecule has 1 N–H and O–H groups in total. The average molecular weight is 411 g/mol. The van der Waals surface area contributed by atoms with E-state index in [0.717, 1.165) is 10.0 Å². The number of hydrazone groups is 1. The van der Waals surface area contributed by atoms with Crippen LogP contribution in [0.5, 0.6) is 0 Å². The molecule has 0 spiro atoms. The summed E-state index contributed by atoms with van der Waals surface area (Å²) in [7, 11) is -3.08. The Balaban J connectivity index is 1.59. The van der Waals surface area contributed by atoms with Gasteiger partial charge in [0.05, 0.1) is 23.6 Å². The highest BCUT2D eigenvalue weighted by Gasteiger charge is 2.32. The summed E-state index contributed by atoms with van der Waals surface area (Å²) in [6.07, 6.45) is 1.74. The lowest BCUT2D eigenvalue weighted by Gasteiger charge is -2.04. The summed E-state index contributed by atoms with van der Waals surface area (Å²) < 4.78 is 29.3. The highest BCUT2D eigenvalue weighted by Crippen LogP contribution is 2.23. The Morgan fingerprint density at radius 2 is 2.00 bits per heavy atom. The number of hydrogen-bond donors (Lipinski definition) is 1. The zero-order valence-electron chi connectivity index (χ0n) is 12.6. The van der Waals surface area contributed by atoms with Crippen molar-refractivity contribution in [2.75, 3.05) is 11.5 Å². The summed E-state index contributed by atoms with van der Waals surface area (Å²) in [6.45, 7) is 0. The molecule has 1 aliphatic rings. The van der Waals surface area contributed by atoms with Gasteiger partial charge in [-0.2, -0.15) is 5.10 Å². The summed E-state index contributed by atoms with van der Waals surface area (Å²) in [5.41, 5.74) is 3.30. The first kappa shape index (κ1) is 16.9. The van der Waals surface area contributed by atoms with E-state index in [0.29, 0.717) is 17.9 Å². The van der Waals surface area contributed by atoms with Crippen LogP contribution in [0.25, 0.3) is 11.3 Å². The molecule has 8 heteroatoms. The SMILES string of the molecule is O=C(N/N=C\c1ccc(-c2ccc(Br)cc2)o1)[C@H]1CCS(=O)(=O)C1. The molecule has 1 aromatic heterocycles. The molecular weight excluding hydrogens is 396 g/mol. The normalized spacial score (nSPS) is 19.6. The number of hydrogen-bond acceptors (Lipinski definition) is 5. The van der Waals surface area contributed by atoms with E-state index in [1.165, 1.54) is 6.21 Å². The minimum absolute atomic E-state index is 0.0591. The van der Waals surface area contributed by atoms with Gasteiger partial charge in [0.25, 0.3) is 0 Å². The minimum atomic E-state index is -3.08. The van der Waals surface area contributed by atoms with Crippen molar-refractivity contribution < 1.29 is 17.6 Å². The fourth-order valence-corrected chi connectivity index (χ4v) is 4.45. The molecule has 0 radical (unpaired) electrons. The fraction of sp³-hybridized carbons (Fsp3) is 0.250. The largest absolute Gasteiger partial charge is 0.455 e. The Labute approximate surface area is 148 Å². The van der Waals surface area contributed by atoms with Crippen LogP contribution in [0, 0.1) is 5.92 Å². The highest BCUT2D eigenvalue weighted by molar-refractivity contribution is 9.10. The molecule has 0 unspecified atom stereocenters. The summed E-state index contributed by atoms with van der Waals surface area (Å²) in [6, 6.07) is 11.2. The summed E-state index contributed by atoms with van der Waals surface area (Å²) in [5.74, 6) is 0.227. The van der Waals surface area contributed by atoms with Gasteiger partial charge in [-0.3, -0.25) is 4.79 Å². The first-order valence-corrected chi connectivity index (χ1v) is 9.93. The molecule has 2 heterocycles. The maximum absolute atomic E-state index is 11.9. The molecule has 1 atom stereocenters. The molecule has 1 aromatic carbocycles. The van der Waals surface area contributed by atoms with Gasteiger partial charge in [-0.1, -0.05) is 28.1 Å². The highest BCUT2D eigenvalue weighted by atomic mass is 79.9. The second-order valence-electron chi connectivity index (χ2n) is 5.54. The topological polar surface area (TPSA) is 88.7 Å². The number of sulfone groups is 1. The van der Waals surface area contributed by atoms with Gasteiger partial charge in [-0.15, -0.1) is 0 Å². The van der Waals surface area contributed by atoms with Crippen molar-refractivity contribution in [1.29, 1.82) is 0 Å². The van der Waals surface area contributed by atoms with Crippen LogP contribution in [0.3, 0.4) is 0 Å².